The van der Waals surface area contributed by atoms with Crippen LogP contribution in [0.1, 0.15) is 58.3 Å². The number of aliphatic hydroxyl groups is 1. The Morgan fingerprint density at radius 2 is 2.05 bits per heavy atom. The molecule has 4 rings (SSSR count). The second-order valence-electron chi connectivity index (χ2n) is 8.22. The zero-order valence-corrected chi connectivity index (χ0v) is 13.4. The van der Waals surface area contributed by atoms with Gasteiger partial charge in [-0.1, -0.05) is 31.2 Å². The maximum Gasteiger partial charge on any atom is 0.0602 e. The molecule has 21 heavy (non-hydrogen) atoms. The first-order chi connectivity index (χ1) is 10.2. The predicted octanol–water partition coefficient (Wildman–Crippen LogP) is 4.72. The van der Waals surface area contributed by atoms with E-state index in [1.54, 1.807) is 0 Å². The van der Waals surface area contributed by atoms with Crippen molar-refractivity contribution < 1.29 is 5.11 Å². The summed E-state index contributed by atoms with van der Waals surface area (Å²) in [6.07, 6.45) is 14.7. The van der Waals surface area contributed by atoms with Crippen LogP contribution >= 0.6 is 0 Å². The molecule has 0 bridgehead atoms. The van der Waals surface area contributed by atoms with Gasteiger partial charge in [0, 0.05) is 5.41 Å². The van der Waals surface area contributed by atoms with Crippen LogP contribution in [0, 0.1) is 35.0 Å². The van der Waals surface area contributed by atoms with E-state index in [-0.39, 0.29) is 11.5 Å². The summed E-state index contributed by atoms with van der Waals surface area (Å²) >= 11 is 0. The van der Waals surface area contributed by atoms with Crippen LogP contribution in [-0.2, 0) is 0 Å². The standard InChI is InChI=1S/C20H30O/c1-3-20-12-13(2)19-15-7-5-4-6-14(15)8-9-16(19)17(20)10-11-18(20)21/h4,6,14-19,21H,2-3,5,7-12H2,1H3/t14?,15-,16-,17-,18-,19+,20-/m0/s1. The van der Waals surface area contributed by atoms with Gasteiger partial charge in [0.2, 0.25) is 0 Å². The van der Waals surface area contributed by atoms with Crippen LogP contribution in [-0.4, -0.2) is 11.2 Å². The van der Waals surface area contributed by atoms with Crippen LogP contribution in [0.4, 0.5) is 0 Å². The SMILES string of the molecule is C=C1C[C@]2(CC)[C@@H](O)CC[C@H]2[C@@H]2CCC3C=CCC[C@@H]3[C@@H]12. The van der Waals surface area contributed by atoms with Crippen molar-refractivity contribution in [2.45, 2.75) is 64.4 Å². The lowest BCUT2D eigenvalue weighted by molar-refractivity contribution is -0.0554. The smallest absolute Gasteiger partial charge is 0.0602 e. The van der Waals surface area contributed by atoms with E-state index in [4.69, 9.17) is 0 Å². The van der Waals surface area contributed by atoms with E-state index in [0.717, 1.165) is 48.9 Å². The predicted molar refractivity (Wildman–Crippen MR) is 86.8 cm³/mol. The maximum absolute atomic E-state index is 10.7. The van der Waals surface area contributed by atoms with Gasteiger partial charge >= 0.3 is 0 Å². The van der Waals surface area contributed by atoms with Gasteiger partial charge in [-0.15, -0.1) is 0 Å². The summed E-state index contributed by atoms with van der Waals surface area (Å²) < 4.78 is 0. The molecule has 4 aliphatic rings. The Bertz CT molecular complexity index is 464. The summed E-state index contributed by atoms with van der Waals surface area (Å²) in [5, 5.41) is 10.7. The van der Waals surface area contributed by atoms with Gasteiger partial charge in [0.15, 0.2) is 0 Å². The zero-order chi connectivity index (χ0) is 14.6. The minimum atomic E-state index is -0.0748. The van der Waals surface area contributed by atoms with Crippen LogP contribution in [0.25, 0.3) is 0 Å². The van der Waals surface area contributed by atoms with E-state index in [2.05, 4.69) is 25.7 Å². The molecule has 3 saturated carbocycles. The van der Waals surface area contributed by atoms with Gasteiger partial charge in [0.05, 0.1) is 6.10 Å². The zero-order valence-electron chi connectivity index (χ0n) is 13.4. The van der Waals surface area contributed by atoms with E-state index in [1.165, 1.54) is 37.7 Å². The second kappa shape index (κ2) is 4.98. The minimum absolute atomic E-state index is 0.0748. The number of aliphatic hydroxyl groups excluding tert-OH is 1. The van der Waals surface area contributed by atoms with E-state index < -0.39 is 0 Å². The fourth-order valence-corrected chi connectivity index (χ4v) is 6.82. The molecule has 1 unspecified atom stereocenters. The van der Waals surface area contributed by atoms with Crippen molar-refractivity contribution in [2.24, 2.45) is 35.0 Å². The topological polar surface area (TPSA) is 20.2 Å². The molecular formula is C20H30O. The molecule has 0 heterocycles. The van der Waals surface area contributed by atoms with Crippen LogP contribution < -0.4 is 0 Å². The first kappa shape index (κ1) is 14.1. The van der Waals surface area contributed by atoms with Gasteiger partial charge in [-0.3, -0.25) is 0 Å². The molecule has 116 valence electrons. The van der Waals surface area contributed by atoms with Gasteiger partial charge in [-0.2, -0.15) is 0 Å². The highest BCUT2D eigenvalue weighted by molar-refractivity contribution is 5.22. The average Bonchev–Trinajstić information content (AvgIpc) is 2.84. The first-order valence-corrected chi connectivity index (χ1v) is 9.20. The van der Waals surface area contributed by atoms with Gasteiger partial charge in [0.25, 0.3) is 0 Å². The molecular weight excluding hydrogens is 256 g/mol. The van der Waals surface area contributed by atoms with Crippen molar-refractivity contribution in [3.8, 4) is 0 Å². The van der Waals surface area contributed by atoms with Gasteiger partial charge in [-0.25, -0.2) is 0 Å². The summed E-state index contributed by atoms with van der Waals surface area (Å²) in [7, 11) is 0. The molecule has 0 saturated heterocycles. The van der Waals surface area contributed by atoms with Gasteiger partial charge in [-0.05, 0) is 81.0 Å². The molecule has 1 nitrogen and oxygen atoms in total. The number of hydrogen-bond donors (Lipinski definition) is 1. The summed E-state index contributed by atoms with van der Waals surface area (Å²) in [6, 6.07) is 0. The van der Waals surface area contributed by atoms with E-state index in [1.807, 2.05) is 0 Å². The highest BCUT2D eigenvalue weighted by Gasteiger charge is 2.58. The Morgan fingerprint density at radius 3 is 2.86 bits per heavy atom. The molecule has 7 atom stereocenters. The van der Waals surface area contributed by atoms with Crippen molar-refractivity contribution in [1.29, 1.82) is 0 Å². The second-order valence-corrected chi connectivity index (χ2v) is 8.22. The van der Waals surface area contributed by atoms with Crippen LogP contribution in [0.15, 0.2) is 24.3 Å². The van der Waals surface area contributed by atoms with Crippen LogP contribution in [0.3, 0.4) is 0 Å². The molecule has 1 N–H and O–H groups in total. The average molecular weight is 286 g/mol. The van der Waals surface area contributed by atoms with E-state index in [0.29, 0.717) is 0 Å². The Balaban J connectivity index is 1.69. The monoisotopic (exact) mass is 286 g/mol. The van der Waals surface area contributed by atoms with Crippen molar-refractivity contribution in [2.75, 3.05) is 0 Å². The first-order valence-electron chi connectivity index (χ1n) is 9.20. The molecule has 3 fully saturated rings. The summed E-state index contributed by atoms with van der Waals surface area (Å²) in [5.74, 6) is 4.01. The minimum Gasteiger partial charge on any atom is -0.393 e. The molecule has 0 radical (unpaired) electrons. The van der Waals surface area contributed by atoms with Crippen molar-refractivity contribution in [1.82, 2.24) is 0 Å². The third-order valence-electron chi connectivity index (χ3n) is 7.71. The Labute approximate surface area is 129 Å². The highest BCUT2D eigenvalue weighted by atomic mass is 16.3. The van der Waals surface area contributed by atoms with Crippen molar-refractivity contribution in [3.63, 3.8) is 0 Å². The quantitative estimate of drug-likeness (QED) is 0.691. The molecule has 0 aromatic rings. The Kier molecular flexibility index (Phi) is 3.33. The van der Waals surface area contributed by atoms with E-state index >= 15 is 0 Å². The summed E-state index contributed by atoms with van der Waals surface area (Å²) in [6.45, 7) is 6.84. The maximum atomic E-state index is 10.7. The van der Waals surface area contributed by atoms with Gasteiger partial charge in [0.1, 0.15) is 0 Å². The summed E-state index contributed by atoms with van der Waals surface area (Å²) in [4.78, 5) is 0. The number of hydrogen-bond acceptors (Lipinski definition) is 1. The van der Waals surface area contributed by atoms with Crippen LogP contribution in [0.2, 0.25) is 0 Å². The number of rotatable bonds is 1. The molecule has 0 amide bonds. The molecule has 0 spiro atoms. The number of allylic oxidation sites excluding steroid dienone is 3. The normalized spacial score (nSPS) is 52.2. The Morgan fingerprint density at radius 1 is 1.19 bits per heavy atom. The molecule has 0 aromatic carbocycles. The largest absolute Gasteiger partial charge is 0.393 e. The van der Waals surface area contributed by atoms with Gasteiger partial charge < -0.3 is 5.11 Å². The third kappa shape index (κ3) is 1.86. The van der Waals surface area contributed by atoms with Crippen molar-refractivity contribution in [3.05, 3.63) is 24.3 Å². The lowest BCUT2D eigenvalue weighted by Crippen LogP contribution is -2.50. The Hall–Kier alpha value is -0.560. The molecule has 0 aliphatic heterocycles. The molecule has 4 aliphatic carbocycles. The van der Waals surface area contributed by atoms with Crippen LogP contribution in [0.5, 0.6) is 0 Å². The molecule has 1 heteroatoms. The molecule has 0 aromatic heterocycles. The lowest BCUT2D eigenvalue weighted by Gasteiger charge is -2.56. The lowest BCUT2D eigenvalue weighted by atomic mass is 9.49. The fraction of sp³-hybridized carbons (Fsp3) is 0.800. The fourth-order valence-electron chi connectivity index (χ4n) is 6.82. The number of fused-ring (bicyclic) bond motifs is 5. The third-order valence-corrected chi connectivity index (χ3v) is 7.71. The summed E-state index contributed by atoms with van der Waals surface area (Å²) in [5.41, 5.74) is 1.67. The highest BCUT2D eigenvalue weighted by Crippen LogP contribution is 2.64. The van der Waals surface area contributed by atoms with Crippen molar-refractivity contribution >= 4 is 0 Å². The van der Waals surface area contributed by atoms with E-state index in [9.17, 15) is 5.11 Å².